The molecular weight excluding hydrogens is 260 g/mol. The number of benzene rings is 1. The van der Waals surface area contributed by atoms with E-state index in [2.05, 4.69) is 10.6 Å². The van der Waals surface area contributed by atoms with Crippen LogP contribution < -0.4 is 10.6 Å². The molecule has 7 heteroatoms. The first-order chi connectivity index (χ1) is 9.31. The first-order valence-electron chi connectivity index (χ1n) is 5.96. The molecule has 1 rings (SSSR count). The number of nitrogens with zero attached hydrogens (tertiary/aromatic N) is 2. The average molecular weight is 276 g/mol. The van der Waals surface area contributed by atoms with Crippen molar-refractivity contribution in [3.63, 3.8) is 0 Å². The zero-order valence-electron chi connectivity index (χ0n) is 11.6. The van der Waals surface area contributed by atoms with Gasteiger partial charge >= 0.3 is 0 Å². The highest BCUT2D eigenvalue weighted by Crippen LogP contribution is 2.24. The van der Waals surface area contributed by atoms with Crippen molar-refractivity contribution in [2.24, 2.45) is 5.41 Å². The summed E-state index contributed by atoms with van der Waals surface area (Å²) in [5.74, 6) is -0.131. The van der Waals surface area contributed by atoms with Crippen LogP contribution in [-0.4, -0.2) is 24.4 Å². The van der Waals surface area contributed by atoms with Gasteiger partial charge in [0.1, 0.15) is 11.6 Å². The van der Waals surface area contributed by atoms with Crippen molar-refractivity contribution in [1.82, 2.24) is 5.32 Å². The zero-order valence-corrected chi connectivity index (χ0v) is 11.6. The summed E-state index contributed by atoms with van der Waals surface area (Å²) >= 11 is 0. The largest absolute Gasteiger partial charge is 0.384 e. The third-order valence-corrected chi connectivity index (χ3v) is 2.89. The molecule has 0 bridgehead atoms. The molecule has 0 atom stereocenters. The maximum atomic E-state index is 11.6. The number of nitro groups is 1. The lowest BCUT2D eigenvalue weighted by molar-refractivity contribution is -0.385. The molecule has 0 saturated carbocycles. The predicted octanol–water partition coefficient (Wildman–Crippen LogP) is 1.65. The van der Waals surface area contributed by atoms with E-state index in [4.69, 9.17) is 5.26 Å². The summed E-state index contributed by atoms with van der Waals surface area (Å²) in [5.41, 5.74) is -0.411. The number of carbonyl (C=O) groups excluding carboxylic acids is 1. The normalized spacial score (nSPS) is 10.5. The second-order valence-corrected chi connectivity index (χ2v) is 4.92. The molecule has 0 saturated heterocycles. The molecule has 20 heavy (non-hydrogen) atoms. The molecule has 2 N–H and O–H groups in total. The maximum absolute atomic E-state index is 11.6. The van der Waals surface area contributed by atoms with Gasteiger partial charge < -0.3 is 10.6 Å². The molecular formula is C13H16N4O3. The third-order valence-electron chi connectivity index (χ3n) is 2.89. The van der Waals surface area contributed by atoms with Gasteiger partial charge in [-0.15, -0.1) is 0 Å². The van der Waals surface area contributed by atoms with Crippen molar-refractivity contribution in [2.75, 3.05) is 18.9 Å². The van der Waals surface area contributed by atoms with Crippen LogP contribution >= 0.6 is 0 Å². The van der Waals surface area contributed by atoms with Gasteiger partial charge in [-0.3, -0.25) is 14.9 Å². The second-order valence-electron chi connectivity index (χ2n) is 4.92. The van der Waals surface area contributed by atoms with Crippen LogP contribution in [0.15, 0.2) is 18.2 Å². The summed E-state index contributed by atoms with van der Waals surface area (Å²) in [4.78, 5) is 21.9. The van der Waals surface area contributed by atoms with Gasteiger partial charge in [-0.1, -0.05) is 0 Å². The Kier molecular flexibility index (Phi) is 4.64. The monoisotopic (exact) mass is 276 g/mol. The van der Waals surface area contributed by atoms with E-state index in [1.807, 2.05) is 0 Å². The van der Waals surface area contributed by atoms with E-state index in [9.17, 15) is 14.9 Å². The van der Waals surface area contributed by atoms with Crippen LogP contribution in [0.5, 0.6) is 0 Å². The lowest BCUT2D eigenvalue weighted by Crippen LogP contribution is -2.39. The van der Waals surface area contributed by atoms with E-state index in [1.54, 1.807) is 33.0 Å². The number of nitrogens with one attached hydrogen (secondary N) is 2. The van der Waals surface area contributed by atoms with Crippen molar-refractivity contribution in [2.45, 2.75) is 13.8 Å². The molecule has 0 aliphatic heterocycles. The van der Waals surface area contributed by atoms with Gasteiger partial charge in [-0.05, 0) is 26.0 Å². The number of hydrogen-bond donors (Lipinski definition) is 2. The number of carbonyl (C=O) groups is 1. The van der Waals surface area contributed by atoms with Crippen molar-refractivity contribution in [3.05, 3.63) is 33.9 Å². The number of nitriles is 1. The predicted molar refractivity (Wildman–Crippen MR) is 74.1 cm³/mol. The zero-order chi connectivity index (χ0) is 15.3. The highest BCUT2D eigenvalue weighted by molar-refractivity contribution is 5.82. The van der Waals surface area contributed by atoms with Crippen LogP contribution in [0.3, 0.4) is 0 Å². The quantitative estimate of drug-likeness (QED) is 0.628. The molecule has 0 aliphatic rings. The van der Waals surface area contributed by atoms with Gasteiger partial charge in [0.05, 0.1) is 10.3 Å². The first-order valence-corrected chi connectivity index (χ1v) is 5.96. The molecule has 0 heterocycles. The van der Waals surface area contributed by atoms with Gasteiger partial charge in [0.25, 0.3) is 5.69 Å². The van der Waals surface area contributed by atoms with Gasteiger partial charge in [0, 0.05) is 25.3 Å². The molecule has 0 unspecified atom stereocenters. The minimum atomic E-state index is -0.655. The Morgan fingerprint density at radius 1 is 1.50 bits per heavy atom. The Hall–Kier alpha value is -2.62. The van der Waals surface area contributed by atoms with E-state index >= 15 is 0 Å². The van der Waals surface area contributed by atoms with Crippen LogP contribution in [0.2, 0.25) is 0 Å². The van der Waals surface area contributed by atoms with Gasteiger partial charge in [-0.25, -0.2) is 0 Å². The fourth-order valence-corrected chi connectivity index (χ4v) is 1.63. The van der Waals surface area contributed by atoms with E-state index in [1.165, 1.54) is 12.1 Å². The summed E-state index contributed by atoms with van der Waals surface area (Å²) in [6, 6.07) is 6.02. The van der Waals surface area contributed by atoms with E-state index in [0.717, 1.165) is 0 Å². The standard InChI is InChI=1S/C13H16N4O3/c1-13(2,12(18)15-3)8-16-10-5-4-9(7-14)11(6-10)17(19)20/h4-6,16H,8H2,1-3H3,(H,15,18). The van der Waals surface area contributed by atoms with E-state index in [-0.39, 0.29) is 17.2 Å². The van der Waals surface area contributed by atoms with Crippen molar-refractivity contribution in [3.8, 4) is 6.07 Å². The molecule has 1 aromatic rings. The van der Waals surface area contributed by atoms with Gasteiger partial charge in [0.15, 0.2) is 0 Å². The molecule has 0 aliphatic carbocycles. The Labute approximate surface area is 116 Å². The average Bonchev–Trinajstić information content (AvgIpc) is 2.43. The van der Waals surface area contributed by atoms with E-state index < -0.39 is 10.3 Å². The van der Waals surface area contributed by atoms with Crippen LogP contribution in [0.4, 0.5) is 11.4 Å². The van der Waals surface area contributed by atoms with Crippen molar-refractivity contribution < 1.29 is 9.72 Å². The van der Waals surface area contributed by atoms with Crippen LogP contribution in [0.25, 0.3) is 0 Å². The molecule has 0 radical (unpaired) electrons. The fraction of sp³-hybridized carbons (Fsp3) is 0.385. The SMILES string of the molecule is CNC(=O)C(C)(C)CNc1ccc(C#N)c([N+](=O)[O-])c1. The Balaban J connectivity index is 2.90. The second kappa shape index (κ2) is 6.02. The van der Waals surface area contributed by atoms with Crippen LogP contribution in [0.1, 0.15) is 19.4 Å². The van der Waals surface area contributed by atoms with Crippen molar-refractivity contribution in [1.29, 1.82) is 5.26 Å². The molecule has 7 nitrogen and oxygen atoms in total. The lowest BCUT2D eigenvalue weighted by Gasteiger charge is -2.23. The number of hydrogen-bond acceptors (Lipinski definition) is 5. The molecule has 106 valence electrons. The number of amides is 1. The molecule has 0 spiro atoms. The molecule has 1 amide bonds. The summed E-state index contributed by atoms with van der Waals surface area (Å²) in [6.45, 7) is 3.84. The first kappa shape index (κ1) is 15.4. The summed E-state index contributed by atoms with van der Waals surface area (Å²) in [7, 11) is 1.55. The van der Waals surface area contributed by atoms with Gasteiger partial charge in [0.2, 0.25) is 5.91 Å². The minimum absolute atomic E-state index is 0.00566. The Bertz CT molecular complexity index is 575. The Morgan fingerprint density at radius 2 is 2.15 bits per heavy atom. The number of anilines is 1. The summed E-state index contributed by atoms with van der Waals surface area (Å²) in [6.07, 6.45) is 0. The molecule has 0 fully saturated rings. The van der Waals surface area contributed by atoms with E-state index in [0.29, 0.717) is 12.2 Å². The van der Waals surface area contributed by atoms with Crippen molar-refractivity contribution >= 4 is 17.3 Å². The smallest absolute Gasteiger partial charge is 0.289 e. The molecule has 1 aromatic carbocycles. The third kappa shape index (κ3) is 3.45. The minimum Gasteiger partial charge on any atom is -0.384 e. The Morgan fingerprint density at radius 3 is 2.65 bits per heavy atom. The maximum Gasteiger partial charge on any atom is 0.289 e. The van der Waals surface area contributed by atoms with Crippen LogP contribution in [-0.2, 0) is 4.79 Å². The number of nitro benzene ring substituents is 1. The lowest BCUT2D eigenvalue weighted by atomic mass is 9.92. The molecule has 0 aromatic heterocycles. The van der Waals surface area contributed by atoms with Gasteiger partial charge in [-0.2, -0.15) is 5.26 Å². The highest BCUT2D eigenvalue weighted by Gasteiger charge is 2.26. The highest BCUT2D eigenvalue weighted by atomic mass is 16.6. The topological polar surface area (TPSA) is 108 Å². The number of rotatable bonds is 5. The van der Waals surface area contributed by atoms with Crippen LogP contribution in [0, 0.1) is 26.9 Å². The summed E-state index contributed by atoms with van der Waals surface area (Å²) < 4.78 is 0. The summed E-state index contributed by atoms with van der Waals surface area (Å²) in [5, 5.41) is 25.2. The fourth-order valence-electron chi connectivity index (χ4n) is 1.63.